The number of hydrogen-bond acceptors (Lipinski definition) is 4. The van der Waals surface area contributed by atoms with Gasteiger partial charge in [0.1, 0.15) is 19.2 Å². The topological polar surface area (TPSA) is 68.8 Å². The third-order valence-electron chi connectivity index (χ3n) is 4.26. The summed E-state index contributed by atoms with van der Waals surface area (Å²) in [4.78, 5) is 17.8. The Balaban J connectivity index is 1.66. The van der Waals surface area contributed by atoms with E-state index in [1.54, 1.807) is 18.1 Å². The Labute approximate surface area is 153 Å². The van der Waals surface area contributed by atoms with Crippen LogP contribution in [-0.4, -0.2) is 42.4 Å². The number of hydrogen-bond donors (Lipinski definition) is 0. The van der Waals surface area contributed by atoms with Gasteiger partial charge in [-0.25, -0.2) is 9.67 Å². The first-order valence-electron chi connectivity index (χ1n) is 8.07. The van der Waals surface area contributed by atoms with Gasteiger partial charge in [-0.15, -0.1) is 0 Å². The molecule has 1 aromatic carbocycles. The van der Waals surface area contributed by atoms with Gasteiger partial charge in [-0.2, -0.15) is 23.4 Å². The Kier molecular flexibility index (Phi) is 4.98. The molecule has 0 saturated carbocycles. The van der Waals surface area contributed by atoms with Gasteiger partial charge in [-0.1, -0.05) is 12.1 Å². The quantitative estimate of drug-likeness (QED) is 0.685. The van der Waals surface area contributed by atoms with E-state index in [2.05, 4.69) is 15.2 Å². The van der Waals surface area contributed by atoms with Crippen LogP contribution in [0.4, 0.5) is 13.2 Å². The molecule has 1 amide bonds. The summed E-state index contributed by atoms with van der Waals surface area (Å²) in [6.07, 6.45) is -0.374. The van der Waals surface area contributed by atoms with Gasteiger partial charge in [0.2, 0.25) is 5.91 Å². The fourth-order valence-electron chi connectivity index (χ4n) is 2.54. The van der Waals surface area contributed by atoms with Crippen molar-refractivity contribution in [1.29, 1.82) is 0 Å². The Bertz CT molecular complexity index is 902. The largest absolute Gasteiger partial charge is 0.435 e. The highest BCUT2D eigenvalue weighted by atomic mass is 19.4. The van der Waals surface area contributed by atoms with E-state index < -0.39 is 11.9 Å². The zero-order chi connectivity index (χ0) is 19.6. The van der Waals surface area contributed by atoms with Crippen LogP contribution in [0.25, 0.3) is 5.69 Å². The summed E-state index contributed by atoms with van der Waals surface area (Å²) in [5, 5.41) is 7.45. The number of rotatable bonds is 5. The molecular formula is C17H17F3N6O. The van der Waals surface area contributed by atoms with E-state index in [0.717, 1.165) is 28.2 Å². The van der Waals surface area contributed by atoms with Crippen LogP contribution in [0.15, 0.2) is 49.2 Å². The van der Waals surface area contributed by atoms with Crippen molar-refractivity contribution in [3.8, 4) is 5.69 Å². The minimum Gasteiger partial charge on any atom is -0.337 e. The van der Waals surface area contributed by atoms with Gasteiger partial charge >= 0.3 is 6.18 Å². The summed E-state index contributed by atoms with van der Waals surface area (Å²) in [6.45, 7) is 1.57. The zero-order valence-electron chi connectivity index (χ0n) is 14.6. The lowest BCUT2D eigenvalue weighted by Gasteiger charge is -2.25. The first-order valence-corrected chi connectivity index (χ1v) is 8.07. The van der Waals surface area contributed by atoms with Crippen molar-refractivity contribution in [2.24, 2.45) is 0 Å². The summed E-state index contributed by atoms with van der Waals surface area (Å²) >= 11 is 0. The second-order valence-corrected chi connectivity index (χ2v) is 6.01. The van der Waals surface area contributed by atoms with Gasteiger partial charge in [-0.3, -0.25) is 9.48 Å². The summed E-state index contributed by atoms with van der Waals surface area (Å²) in [5.74, 6) is -0.348. The number of alkyl halides is 3. The average Bonchev–Trinajstić information content (AvgIpc) is 3.32. The molecule has 0 spiro atoms. The number of carbonyl (C=O) groups is 1. The van der Waals surface area contributed by atoms with Gasteiger partial charge < -0.3 is 4.90 Å². The normalized spacial score (nSPS) is 12.8. The van der Waals surface area contributed by atoms with Crippen LogP contribution < -0.4 is 0 Å². The van der Waals surface area contributed by atoms with Crippen LogP contribution >= 0.6 is 0 Å². The van der Waals surface area contributed by atoms with E-state index in [9.17, 15) is 18.0 Å². The van der Waals surface area contributed by atoms with Crippen molar-refractivity contribution in [2.75, 3.05) is 7.05 Å². The monoisotopic (exact) mass is 378 g/mol. The molecule has 0 bridgehead atoms. The maximum atomic E-state index is 12.6. The summed E-state index contributed by atoms with van der Waals surface area (Å²) in [7, 11) is 1.60. The molecule has 3 aromatic rings. The van der Waals surface area contributed by atoms with E-state index in [0.29, 0.717) is 0 Å². The molecule has 7 nitrogen and oxygen atoms in total. The van der Waals surface area contributed by atoms with Gasteiger partial charge in [0.25, 0.3) is 0 Å². The lowest BCUT2D eigenvalue weighted by molar-refractivity contribution is -0.142. The third-order valence-corrected chi connectivity index (χ3v) is 4.26. The second-order valence-electron chi connectivity index (χ2n) is 6.01. The van der Waals surface area contributed by atoms with Crippen LogP contribution in [0.3, 0.4) is 0 Å². The number of carbonyl (C=O) groups excluding carboxylic acids is 1. The predicted molar refractivity (Wildman–Crippen MR) is 89.8 cm³/mol. The molecule has 0 saturated heterocycles. The average molecular weight is 378 g/mol. The van der Waals surface area contributed by atoms with Crippen molar-refractivity contribution in [3.63, 3.8) is 0 Å². The van der Waals surface area contributed by atoms with E-state index >= 15 is 0 Å². The smallest absolute Gasteiger partial charge is 0.337 e. The third kappa shape index (κ3) is 4.15. The first kappa shape index (κ1) is 18.6. The van der Waals surface area contributed by atoms with E-state index in [1.807, 2.05) is 31.2 Å². The molecule has 0 aliphatic heterocycles. The molecule has 27 heavy (non-hydrogen) atoms. The molecule has 1 atom stereocenters. The fraction of sp³-hybridized carbons (Fsp3) is 0.294. The Morgan fingerprint density at radius 2 is 1.93 bits per heavy atom. The highest BCUT2D eigenvalue weighted by Crippen LogP contribution is 2.27. The highest BCUT2D eigenvalue weighted by molar-refractivity contribution is 5.76. The fourth-order valence-corrected chi connectivity index (χ4v) is 2.54. The summed E-state index contributed by atoms with van der Waals surface area (Å²) < 4.78 is 40.4. The molecular weight excluding hydrogens is 361 g/mol. The molecule has 0 fully saturated rings. The van der Waals surface area contributed by atoms with Crippen molar-refractivity contribution in [1.82, 2.24) is 29.4 Å². The molecule has 10 heteroatoms. The number of halogens is 3. The maximum Gasteiger partial charge on any atom is 0.435 e. The van der Waals surface area contributed by atoms with Gasteiger partial charge in [-0.05, 0) is 30.7 Å². The molecule has 0 unspecified atom stereocenters. The summed E-state index contributed by atoms with van der Waals surface area (Å²) in [5.41, 5.74) is 0.689. The first-order chi connectivity index (χ1) is 12.8. The van der Waals surface area contributed by atoms with Gasteiger partial charge in [0, 0.05) is 13.2 Å². The van der Waals surface area contributed by atoms with Crippen LogP contribution in [-0.2, 0) is 17.5 Å². The van der Waals surface area contributed by atoms with Crippen LogP contribution in [0.5, 0.6) is 0 Å². The predicted octanol–water partition coefficient (Wildman–Crippen LogP) is 2.70. The molecule has 0 aliphatic rings. The molecule has 2 aromatic heterocycles. The Morgan fingerprint density at radius 3 is 2.48 bits per heavy atom. The molecule has 0 aliphatic carbocycles. The van der Waals surface area contributed by atoms with Crippen LogP contribution in [0.1, 0.15) is 24.2 Å². The van der Waals surface area contributed by atoms with E-state index in [4.69, 9.17) is 0 Å². The molecule has 0 N–H and O–H groups in total. The summed E-state index contributed by atoms with van der Waals surface area (Å²) in [6, 6.07) is 8.01. The van der Waals surface area contributed by atoms with Crippen molar-refractivity contribution >= 4 is 5.91 Å². The van der Waals surface area contributed by atoms with Crippen LogP contribution in [0, 0.1) is 0 Å². The van der Waals surface area contributed by atoms with Gasteiger partial charge in [0.05, 0.1) is 11.7 Å². The standard InChI is InChI=1S/C17H17F3N6O/c1-12(13-3-5-14(6-4-13)26-11-21-10-22-26)24(2)16(27)9-25-8-7-15(23-25)17(18,19)20/h3-8,10-12H,9H2,1-2H3/t12-/m0/s1. The second kappa shape index (κ2) is 7.22. The van der Waals surface area contributed by atoms with E-state index in [1.165, 1.54) is 11.2 Å². The molecule has 0 radical (unpaired) electrons. The van der Waals surface area contributed by atoms with Crippen molar-refractivity contribution in [2.45, 2.75) is 25.7 Å². The number of benzene rings is 1. The number of aromatic nitrogens is 5. The number of amides is 1. The number of likely N-dealkylation sites (N-methyl/N-ethyl adjacent to an activating group) is 1. The SMILES string of the molecule is C[C@@H](c1ccc(-n2cncn2)cc1)N(C)C(=O)Cn1ccc(C(F)(F)F)n1. The molecule has 2 heterocycles. The van der Waals surface area contributed by atoms with Crippen molar-refractivity contribution in [3.05, 3.63) is 60.4 Å². The minimum atomic E-state index is -4.53. The number of nitrogens with zero attached hydrogens (tertiary/aromatic N) is 6. The Morgan fingerprint density at radius 1 is 1.22 bits per heavy atom. The van der Waals surface area contributed by atoms with E-state index in [-0.39, 0.29) is 18.5 Å². The van der Waals surface area contributed by atoms with Gasteiger partial charge in [0.15, 0.2) is 5.69 Å². The zero-order valence-corrected chi connectivity index (χ0v) is 14.6. The van der Waals surface area contributed by atoms with Crippen LogP contribution in [0.2, 0.25) is 0 Å². The molecule has 142 valence electrons. The van der Waals surface area contributed by atoms with Crippen molar-refractivity contribution < 1.29 is 18.0 Å². The lowest BCUT2D eigenvalue weighted by atomic mass is 10.1. The maximum absolute atomic E-state index is 12.6. The Hall–Kier alpha value is -3.17. The molecule has 3 rings (SSSR count). The lowest BCUT2D eigenvalue weighted by Crippen LogP contribution is -2.32. The minimum absolute atomic E-state index is 0.264. The highest BCUT2D eigenvalue weighted by Gasteiger charge is 2.33.